The Morgan fingerprint density at radius 2 is 2.32 bits per heavy atom. The van der Waals surface area contributed by atoms with E-state index >= 15 is 0 Å². The number of amides is 1. The van der Waals surface area contributed by atoms with Crippen LogP contribution in [0.15, 0.2) is 23.4 Å². The van der Waals surface area contributed by atoms with E-state index in [9.17, 15) is 4.79 Å². The maximum Gasteiger partial charge on any atom is 0.257 e. The lowest BCUT2D eigenvalue weighted by molar-refractivity contribution is -0.123. The summed E-state index contributed by atoms with van der Waals surface area (Å²) in [5, 5.41) is 15.0. The number of oxime groups is 1. The van der Waals surface area contributed by atoms with Crippen LogP contribution in [-0.4, -0.2) is 30.0 Å². The van der Waals surface area contributed by atoms with Crippen molar-refractivity contribution in [3.05, 3.63) is 29.3 Å². The molecule has 2 N–H and O–H groups in total. The normalized spacial score (nSPS) is 15.3. The number of fused-ring (bicyclic) bond motifs is 1. The number of benzene rings is 1. The molecule has 102 valence electrons. The van der Waals surface area contributed by atoms with Gasteiger partial charge in [0.2, 0.25) is 0 Å². The number of carbonyl (C=O) groups is 1. The zero-order chi connectivity index (χ0) is 13.7. The minimum Gasteiger partial charge on any atom is -0.483 e. The predicted molar refractivity (Wildman–Crippen MR) is 71.9 cm³/mol. The summed E-state index contributed by atoms with van der Waals surface area (Å²) < 4.78 is 5.55. The van der Waals surface area contributed by atoms with Gasteiger partial charge in [-0.05, 0) is 25.3 Å². The highest BCUT2D eigenvalue weighted by Crippen LogP contribution is 2.30. The van der Waals surface area contributed by atoms with Crippen molar-refractivity contribution >= 4 is 11.6 Å². The van der Waals surface area contributed by atoms with Gasteiger partial charge in [0.25, 0.3) is 5.91 Å². The van der Waals surface area contributed by atoms with Crippen molar-refractivity contribution < 1.29 is 14.7 Å². The number of carbonyl (C=O) groups excluding carboxylic acids is 1. The van der Waals surface area contributed by atoms with Crippen LogP contribution in [0.3, 0.4) is 0 Å². The fourth-order valence-corrected chi connectivity index (χ4v) is 2.17. The number of hydrogen-bond acceptors (Lipinski definition) is 4. The second-order valence-electron chi connectivity index (χ2n) is 4.47. The number of nitrogens with zero attached hydrogens (tertiary/aromatic N) is 1. The minimum absolute atomic E-state index is 0.0159. The highest BCUT2D eigenvalue weighted by molar-refractivity contribution is 6.04. The lowest BCUT2D eigenvalue weighted by Crippen LogP contribution is -2.29. The fourth-order valence-electron chi connectivity index (χ4n) is 2.17. The van der Waals surface area contributed by atoms with Crippen molar-refractivity contribution in [1.82, 2.24) is 5.32 Å². The molecule has 19 heavy (non-hydrogen) atoms. The molecule has 2 rings (SSSR count). The first-order chi connectivity index (χ1) is 9.26. The molecule has 0 aromatic heterocycles. The van der Waals surface area contributed by atoms with Crippen LogP contribution >= 0.6 is 0 Å². The number of ether oxygens (including phenoxy) is 1. The number of nitrogens with one attached hydrogen (secondary N) is 1. The lowest BCUT2D eigenvalue weighted by Gasteiger charge is -2.10. The van der Waals surface area contributed by atoms with Gasteiger partial charge >= 0.3 is 0 Å². The molecule has 0 bridgehead atoms. The van der Waals surface area contributed by atoms with E-state index < -0.39 is 0 Å². The van der Waals surface area contributed by atoms with Crippen LogP contribution in [0.2, 0.25) is 0 Å². The minimum atomic E-state index is -0.117. The molecule has 0 heterocycles. The Bertz CT molecular complexity index is 497. The summed E-state index contributed by atoms with van der Waals surface area (Å²) in [5.74, 6) is 0.580. The molecule has 0 unspecified atom stereocenters. The Labute approximate surface area is 112 Å². The highest BCUT2D eigenvalue weighted by Gasteiger charge is 2.21. The van der Waals surface area contributed by atoms with E-state index in [0.29, 0.717) is 24.4 Å². The smallest absolute Gasteiger partial charge is 0.257 e. The summed E-state index contributed by atoms with van der Waals surface area (Å²) in [6, 6.07) is 5.59. The van der Waals surface area contributed by atoms with Crippen molar-refractivity contribution in [2.75, 3.05) is 13.2 Å². The Morgan fingerprint density at radius 1 is 1.47 bits per heavy atom. The first kappa shape index (κ1) is 13.4. The molecule has 5 nitrogen and oxygen atoms in total. The van der Waals surface area contributed by atoms with Gasteiger partial charge in [-0.1, -0.05) is 24.2 Å². The lowest BCUT2D eigenvalue weighted by atomic mass is 10.1. The molecule has 5 heteroatoms. The van der Waals surface area contributed by atoms with Crippen LogP contribution in [0.25, 0.3) is 0 Å². The monoisotopic (exact) mass is 262 g/mol. The van der Waals surface area contributed by atoms with Crippen molar-refractivity contribution in [3.8, 4) is 5.75 Å². The first-order valence-electron chi connectivity index (χ1n) is 6.49. The van der Waals surface area contributed by atoms with Gasteiger partial charge in [0.05, 0.1) is 5.71 Å². The molecule has 0 spiro atoms. The topological polar surface area (TPSA) is 70.9 Å². The quantitative estimate of drug-likeness (QED) is 0.627. The molecule has 1 aliphatic carbocycles. The van der Waals surface area contributed by atoms with Gasteiger partial charge < -0.3 is 15.3 Å². The van der Waals surface area contributed by atoms with E-state index in [1.54, 1.807) is 0 Å². The highest BCUT2D eigenvalue weighted by atomic mass is 16.5. The second-order valence-corrected chi connectivity index (χ2v) is 4.47. The second kappa shape index (κ2) is 6.22. The van der Waals surface area contributed by atoms with E-state index in [1.165, 1.54) is 0 Å². The average Bonchev–Trinajstić information content (AvgIpc) is 2.86. The average molecular weight is 262 g/mol. The molecular formula is C14H18N2O3. The molecular weight excluding hydrogens is 244 g/mol. The summed E-state index contributed by atoms with van der Waals surface area (Å²) in [7, 11) is 0. The van der Waals surface area contributed by atoms with Gasteiger partial charge in [0, 0.05) is 17.7 Å². The molecule has 1 amide bonds. The van der Waals surface area contributed by atoms with Gasteiger partial charge in [0.15, 0.2) is 6.61 Å². The molecule has 1 aromatic carbocycles. The standard InChI is InChI=1S/C14H18N2O3/c1-2-8-15-14(17)9-19-13-5-3-4-10-11(13)6-7-12(10)16-18/h3-5,18H,2,6-9H2,1H3,(H,15,17). The summed E-state index contributed by atoms with van der Waals surface area (Å²) in [4.78, 5) is 11.5. The van der Waals surface area contributed by atoms with Crippen molar-refractivity contribution in [2.24, 2.45) is 5.16 Å². The molecule has 0 aliphatic heterocycles. The first-order valence-corrected chi connectivity index (χ1v) is 6.49. The summed E-state index contributed by atoms with van der Waals surface area (Å²) in [6.45, 7) is 2.68. The SMILES string of the molecule is CCCNC(=O)COc1cccc2c1CCC2=NO. The van der Waals surface area contributed by atoms with Gasteiger partial charge in [-0.15, -0.1) is 0 Å². The maximum atomic E-state index is 11.5. The largest absolute Gasteiger partial charge is 0.483 e. The van der Waals surface area contributed by atoms with E-state index in [0.717, 1.165) is 24.0 Å². The van der Waals surface area contributed by atoms with Crippen molar-refractivity contribution in [1.29, 1.82) is 0 Å². The van der Waals surface area contributed by atoms with Crippen molar-refractivity contribution in [3.63, 3.8) is 0 Å². The van der Waals surface area contributed by atoms with Crippen LogP contribution < -0.4 is 10.1 Å². The molecule has 0 radical (unpaired) electrons. The summed E-state index contributed by atoms with van der Waals surface area (Å²) in [6.07, 6.45) is 2.39. The zero-order valence-electron chi connectivity index (χ0n) is 11.0. The van der Waals surface area contributed by atoms with Crippen molar-refractivity contribution in [2.45, 2.75) is 26.2 Å². The number of rotatable bonds is 5. The van der Waals surface area contributed by atoms with Crippen LogP contribution in [0.1, 0.15) is 30.9 Å². The Hall–Kier alpha value is -2.04. The van der Waals surface area contributed by atoms with Crippen LogP contribution in [-0.2, 0) is 11.2 Å². The van der Waals surface area contributed by atoms with Gasteiger partial charge in [0.1, 0.15) is 5.75 Å². The van der Waals surface area contributed by atoms with Crippen LogP contribution in [0.4, 0.5) is 0 Å². The molecule has 1 aliphatic rings. The third-order valence-electron chi connectivity index (χ3n) is 3.11. The van der Waals surface area contributed by atoms with E-state index in [1.807, 2.05) is 25.1 Å². The Kier molecular flexibility index (Phi) is 4.39. The predicted octanol–water partition coefficient (Wildman–Crippen LogP) is 1.72. The number of hydrogen-bond donors (Lipinski definition) is 2. The van der Waals surface area contributed by atoms with Crippen LogP contribution in [0, 0.1) is 0 Å². The van der Waals surface area contributed by atoms with E-state index in [2.05, 4.69) is 10.5 Å². The molecule has 0 atom stereocenters. The third kappa shape index (κ3) is 3.05. The van der Waals surface area contributed by atoms with E-state index in [4.69, 9.17) is 9.94 Å². The molecule has 0 saturated heterocycles. The zero-order valence-corrected chi connectivity index (χ0v) is 11.0. The maximum absolute atomic E-state index is 11.5. The summed E-state index contributed by atoms with van der Waals surface area (Å²) >= 11 is 0. The van der Waals surface area contributed by atoms with Crippen LogP contribution in [0.5, 0.6) is 5.75 Å². The Morgan fingerprint density at radius 3 is 3.05 bits per heavy atom. The molecule has 0 fully saturated rings. The molecule has 0 saturated carbocycles. The fraction of sp³-hybridized carbons (Fsp3) is 0.429. The summed E-state index contributed by atoms with van der Waals surface area (Å²) in [5.41, 5.74) is 2.60. The van der Waals surface area contributed by atoms with Gasteiger partial charge in [-0.3, -0.25) is 4.79 Å². The van der Waals surface area contributed by atoms with Gasteiger partial charge in [-0.25, -0.2) is 0 Å². The van der Waals surface area contributed by atoms with Gasteiger partial charge in [-0.2, -0.15) is 0 Å². The molecule has 1 aromatic rings. The Balaban J connectivity index is 2.03. The van der Waals surface area contributed by atoms with E-state index in [-0.39, 0.29) is 12.5 Å². The third-order valence-corrected chi connectivity index (χ3v) is 3.11.